The van der Waals surface area contributed by atoms with Gasteiger partial charge in [0.25, 0.3) is 5.91 Å². The Labute approximate surface area is 119 Å². The minimum atomic E-state index is -0.974. The van der Waals surface area contributed by atoms with Gasteiger partial charge in [0.2, 0.25) is 11.8 Å². The molecule has 0 spiro atoms. The van der Waals surface area contributed by atoms with Gasteiger partial charge in [-0.15, -0.1) is 0 Å². The third-order valence-electron chi connectivity index (χ3n) is 4.72. The minimum absolute atomic E-state index is 0.0350. The average Bonchev–Trinajstić information content (AvgIpc) is 2.43. The van der Waals surface area contributed by atoms with Gasteiger partial charge >= 0.3 is 0 Å². The molecule has 0 unspecified atom stereocenters. The summed E-state index contributed by atoms with van der Waals surface area (Å²) in [5.74, 6) is -0.861. The van der Waals surface area contributed by atoms with E-state index in [-0.39, 0.29) is 12.5 Å². The van der Waals surface area contributed by atoms with Crippen LogP contribution in [0.1, 0.15) is 40.0 Å². The van der Waals surface area contributed by atoms with Crippen molar-refractivity contribution in [2.45, 2.75) is 45.6 Å². The first-order valence-corrected chi connectivity index (χ1v) is 7.20. The molecular formula is C14H23N3O3. The number of piperazine rings is 1. The standard InChI is InChI=1S/C14H23N3O3/c1-4-14(5-7-15-8-6-14)12(20)17-9-10(18)16-11(19)13(17,2)3/h15H,4-9H2,1-3H3,(H,16,18,19). The maximum Gasteiger partial charge on any atom is 0.252 e. The fourth-order valence-electron chi connectivity index (χ4n) is 3.02. The molecule has 2 N–H and O–H groups in total. The van der Waals surface area contributed by atoms with E-state index in [2.05, 4.69) is 10.6 Å². The molecule has 0 saturated carbocycles. The predicted molar refractivity (Wildman–Crippen MR) is 73.8 cm³/mol. The molecule has 112 valence electrons. The number of imide groups is 1. The molecule has 2 aliphatic rings. The summed E-state index contributed by atoms with van der Waals surface area (Å²) in [6, 6.07) is 0. The molecule has 2 heterocycles. The van der Waals surface area contributed by atoms with Crippen LogP contribution in [0.15, 0.2) is 0 Å². The SMILES string of the molecule is CCC1(C(=O)N2CC(=O)NC(=O)C2(C)C)CCNCC1. The summed E-state index contributed by atoms with van der Waals surface area (Å²) in [7, 11) is 0. The maximum absolute atomic E-state index is 13.0. The van der Waals surface area contributed by atoms with Gasteiger partial charge in [0.15, 0.2) is 0 Å². The Morgan fingerprint density at radius 3 is 2.40 bits per heavy atom. The van der Waals surface area contributed by atoms with Crippen molar-refractivity contribution in [3.8, 4) is 0 Å². The van der Waals surface area contributed by atoms with E-state index in [1.807, 2.05) is 6.92 Å². The smallest absolute Gasteiger partial charge is 0.252 e. The highest BCUT2D eigenvalue weighted by Gasteiger charge is 2.49. The van der Waals surface area contributed by atoms with Crippen molar-refractivity contribution >= 4 is 17.7 Å². The molecule has 3 amide bonds. The lowest BCUT2D eigenvalue weighted by Gasteiger charge is -2.46. The first kappa shape index (κ1) is 15.0. The van der Waals surface area contributed by atoms with Crippen LogP contribution in [0, 0.1) is 5.41 Å². The third-order valence-corrected chi connectivity index (χ3v) is 4.72. The minimum Gasteiger partial charge on any atom is -0.319 e. The maximum atomic E-state index is 13.0. The van der Waals surface area contributed by atoms with Crippen molar-refractivity contribution in [3.63, 3.8) is 0 Å². The Bertz CT molecular complexity index is 439. The van der Waals surface area contributed by atoms with Crippen LogP contribution in [0.2, 0.25) is 0 Å². The van der Waals surface area contributed by atoms with Gasteiger partial charge in [0, 0.05) is 0 Å². The molecule has 0 aromatic rings. The quantitative estimate of drug-likeness (QED) is 0.700. The second kappa shape index (κ2) is 5.16. The summed E-state index contributed by atoms with van der Waals surface area (Å²) in [6.45, 7) is 6.95. The summed E-state index contributed by atoms with van der Waals surface area (Å²) >= 11 is 0. The average molecular weight is 281 g/mol. The van der Waals surface area contributed by atoms with Crippen molar-refractivity contribution in [1.82, 2.24) is 15.5 Å². The van der Waals surface area contributed by atoms with E-state index in [4.69, 9.17) is 0 Å². The molecule has 6 heteroatoms. The summed E-state index contributed by atoms with van der Waals surface area (Å²) in [4.78, 5) is 38.0. The van der Waals surface area contributed by atoms with Gasteiger partial charge in [-0.1, -0.05) is 6.92 Å². The number of hydrogen-bond acceptors (Lipinski definition) is 4. The van der Waals surface area contributed by atoms with Gasteiger partial charge < -0.3 is 10.2 Å². The van der Waals surface area contributed by atoms with Crippen LogP contribution in [0.5, 0.6) is 0 Å². The predicted octanol–water partition coefficient (Wildman–Crippen LogP) is 0.0298. The van der Waals surface area contributed by atoms with Gasteiger partial charge in [-0.3, -0.25) is 19.7 Å². The summed E-state index contributed by atoms with van der Waals surface area (Å²) in [6.07, 6.45) is 2.24. The monoisotopic (exact) mass is 281 g/mol. The molecule has 2 aliphatic heterocycles. The van der Waals surface area contributed by atoms with Crippen molar-refractivity contribution in [2.24, 2.45) is 5.41 Å². The van der Waals surface area contributed by atoms with Crippen molar-refractivity contribution in [3.05, 3.63) is 0 Å². The zero-order valence-corrected chi connectivity index (χ0v) is 12.4. The topological polar surface area (TPSA) is 78.5 Å². The normalized spacial score (nSPS) is 25.2. The summed E-state index contributed by atoms with van der Waals surface area (Å²) in [5.41, 5.74) is -1.42. The first-order valence-electron chi connectivity index (χ1n) is 7.20. The number of nitrogens with zero attached hydrogens (tertiary/aromatic N) is 1. The molecule has 0 atom stereocenters. The van der Waals surface area contributed by atoms with E-state index in [1.54, 1.807) is 13.8 Å². The van der Waals surface area contributed by atoms with Crippen LogP contribution in [-0.2, 0) is 14.4 Å². The largest absolute Gasteiger partial charge is 0.319 e. The molecule has 20 heavy (non-hydrogen) atoms. The third kappa shape index (κ3) is 2.32. The Hall–Kier alpha value is -1.43. The van der Waals surface area contributed by atoms with Crippen LogP contribution in [0.4, 0.5) is 0 Å². The zero-order valence-electron chi connectivity index (χ0n) is 12.4. The summed E-state index contributed by atoms with van der Waals surface area (Å²) < 4.78 is 0. The first-order chi connectivity index (χ1) is 9.33. The zero-order chi connectivity index (χ0) is 15.0. The number of carbonyl (C=O) groups excluding carboxylic acids is 3. The molecule has 2 rings (SSSR count). The molecule has 0 radical (unpaired) electrons. The highest BCUT2D eigenvalue weighted by atomic mass is 16.2. The van der Waals surface area contributed by atoms with E-state index >= 15 is 0 Å². The Morgan fingerprint density at radius 1 is 1.25 bits per heavy atom. The number of rotatable bonds is 2. The number of amides is 3. The summed E-state index contributed by atoms with van der Waals surface area (Å²) in [5, 5.41) is 5.56. The molecule has 2 fully saturated rings. The Morgan fingerprint density at radius 2 is 1.85 bits per heavy atom. The van der Waals surface area contributed by atoms with E-state index < -0.39 is 22.8 Å². The van der Waals surface area contributed by atoms with E-state index in [0.717, 1.165) is 32.4 Å². The molecule has 2 saturated heterocycles. The van der Waals surface area contributed by atoms with Crippen LogP contribution in [0.25, 0.3) is 0 Å². The lowest BCUT2D eigenvalue weighted by atomic mass is 9.74. The Balaban J connectivity index is 2.30. The highest BCUT2D eigenvalue weighted by Crippen LogP contribution is 2.37. The van der Waals surface area contributed by atoms with Gasteiger partial charge in [-0.25, -0.2) is 0 Å². The molecular weight excluding hydrogens is 258 g/mol. The van der Waals surface area contributed by atoms with Gasteiger partial charge in [-0.05, 0) is 46.2 Å². The van der Waals surface area contributed by atoms with Crippen LogP contribution in [0.3, 0.4) is 0 Å². The van der Waals surface area contributed by atoms with Gasteiger partial charge in [0.1, 0.15) is 12.1 Å². The molecule has 0 aliphatic carbocycles. The number of hydrogen-bond donors (Lipinski definition) is 2. The van der Waals surface area contributed by atoms with Crippen molar-refractivity contribution in [1.29, 1.82) is 0 Å². The molecule has 6 nitrogen and oxygen atoms in total. The molecule has 0 aromatic carbocycles. The van der Waals surface area contributed by atoms with Crippen LogP contribution in [-0.4, -0.2) is 47.8 Å². The van der Waals surface area contributed by atoms with E-state index in [0.29, 0.717) is 0 Å². The highest BCUT2D eigenvalue weighted by molar-refractivity contribution is 6.06. The number of carbonyl (C=O) groups is 3. The van der Waals surface area contributed by atoms with E-state index in [9.17, 15) is 14.4 Å². The van der Waals surface area contributed by atoms with Crippen LogP contribution >= 0.6 is 0 Å². The molecule has 0 aromatic heterocycles. The van der Waals surface area contributed by atoms with Crippen molar-refractivity contribution in [2.75, 3.05) is 19.6 Å². The molecule has 0 bridgehead atoms. The van der Waals surface area contributed by atoms with Crippen LogP contribution < -0.4 is 10.6 Å². The fourth-order valence-corrected chi connectivity index (χ4v) is 3.02. The lowest BCUT2D eigenvalue weighted by molar-refractivity contribution is -0.162. The second-order valence-corrected chi connectivity index (χ2v) is 6.21. The van der Waals surface area contributed by atoms with Gasteiger partial charge in [-0.2, -0.15) is 0 Å². The van der Waals surface area contributed by atoms with Crippen molar-refractivity contribution < 1.29 is 14.4 Å². The second-order valence-electron chi connectivity index (χ2n) is 6.21. The number of piperidine rings is 1. The fraction of sp³-hybridized carbons (Fsp3) is 0.786. The van der Waals surface area contributed by atoms with Gasteiger partial charge in [0.05, 0.1) is 5.41 Å². The Kier molecular flexibility index (Phi) is 3.86. The lowest BCUT2D eigenvalue weighted by Crippen LogP contribution is -2.68. The number of nitrogens with one attached hydrogen (secondary N) is 2. The van der Waals surface area contributed by atoms with E-state index in [1.165, 1.54) is 4.90 Å².